The SMILES string of the molecule is COc1cc2c(cc1OC)CN(S(=O)(=O)CCCNC(=O)COc1ccc(Cl)cc1)CC2. The van der Waals surface area contributed by atoms with Crippen molar-refractivity contribution in [2.24, 2.45) is 0 Å². The van der Waals surface area contributed by atoms with Gasteiger partial charge in [-0.1, -0.05) is 11.6 Å². The minimum atomic E-state index is -3.45. The zero-order valence-electron chi connectivity index (χ0n) is 18.1. The van der Waals surface area contributed by atoms with Crippen molar-refractivity contribution in [1.82, 2.24) is 9.62 Å². The van der Waals surface area contributed by atoms with Crippen LogP contribution in [-0.2, 0) is 27.8 Å². The minimum Gasteiger partial charge on any atom is -0.493 e. The van der Waals surface area contributed by atoms with Crippen LogP contribution in [0.1, 0.15) is 17.5 Å². The van der Waals surface area contributed by atoms with Crippen LogP contribution >= 0.6 is 11.6 Å². The van der Waals surface area contributed by atoms with E-state index in [9.17, 15) is 13.2 Å². The molecule has 1 heterocycles. The van der Waals surface area contributed by atoms with Crippen molar-refractivity contribution < 1.29 is 27.4 Å². The van der Waals surface area contributed by atoms with Crippen molar-refractivity contribution in [2.75, 3.05) is 39.7 Å². The van der Waals surface area contributed by atoms with E-state index in [0.29, 0.717) is 48.2 Å². The highest BCUT2D eigenvalue weighted by Crippen LogP contribution is 2.33. The number of nitrogens with one attached hydrogen (secondary N) is 1. The molecular weight excluding hydrogens is 456 g/mol. The highest BCUT2D eigenvalue weighted by atomic mass is 35.5. The maximum atomic E-state index is 12.8. The number of hydrogen-bond donors (Lipinski definition) is 1. The third-order valence-corrected chi connectivity index (χ3v) is 7.32. The zero-order chi connectivity index (χ0) is 23.1. The molecule has 2 aromatic rings. The van der Waals surface area contributed by atoms with Gasteiger partial charge in [-0.25, -0.2) is 8.42 Å². The summed E-state index contributed by atoms with van der Waals surface area (Å²) in [5.74, 6) is 1.39. The van der Waals surface area contributed by atoms with Crippen LogP contribution in [0.4, 0.5) is 0 Å². The lowest BCUT2D eigenvalue weighted by Crippen LogP contribution is -2.38. The summed E-state index contributed by atoms with van der Waals surface area (Å²) in [5.41, 5.74) is 1.96. The molecule has 0 radical (unpaired) electrons. The fourth-order valence-electron chi connectivity index (χ4n) is 3.44. The van der Waals surface area contributed by atoms with E-state index >= 15 is 0 Å². The van der Waals surface area contributed by atoms with Gasteiger partial charge in [0.1, 0.15) is 5.75 Å². The van der Waals surface area contributed by atoms with Gasteiger partial charge < -0.3 is 19.5 Å². The molecule has 10 heteroatoms. The van der Waals surface area contributed by atoms with Crippen molar-refractivity contribution >= 4 is 27.5 Å². The highest BCUT2D eigenvalue weighted by Gasteiger charge is 2.27. The van der Waals surface area contributed by atoms with Crippen molar-refractivity contribution in [2.45, 2.75) is 19.4 Å². The minimum absolute atomic E-state index is 0.0477. The molecule has 0 aromatic heterocycles. The number of hydrogen-bond acceptors (Lipinski definition) is 6. The number of ether oxygens (including phenoxy) is 3. The number of nitrogens with zero attached hydrogens (tertiary/aromatic N) is 1. The molecule has 0 unspecified atom stereocenters. The number of fused-ring (bicyclic) bond motifs is 1. The molecule has 174 valence electrons. The maximum Gasteiger partial charge on any atom is 0.257 e. The number of rotatable bonds is 10. The topological polar surface area (TPSA) is 94.2 Å². The lowest BCUT2D eigenvalue weighted by Gasteiger charge is -2.29. The van der Waals surface area contributed by atoms with E-state index < -0.39 is 10.0 Å². The second-order valence-corrected chi connectivity index (χ2v) is 9.85. The Labute approximate surface area is 193 Å². The Morgan fingerprint density at radius 3 is 2.41 bits per heavy atom. The molecule has 1 N–H and O–H groups in total. The lowest BCUT2D eigenvalue weighted by molar-refractivity contribution is -0.123. The summed E-state index contributed by atoms with van der Waals surface area (Å²) in [5, 5.41) is 3.26. The molecule has 0 bridgehead atoms. The van der Waals surface area contributed by atoms with E-state index in [1.807, 2.05) is 12.1 Å². The van der Waals surface area contributed by atoms with Gasteiger partial charge in [-0.15, -0.1) is 0 Å². The quantitative estimate of drug-likeness (QED) is 0.523. The number of benzene rings is 2. The summed E-state index contributed by atoms with van der Waals surface area (Å²) < 4.78 is 43.1. The van der Waals surface area contributed by atoms with E-state index in [4.69, 9.17) is 25.8 Å². The van der Waals surface area contributed by atoms with Crippen LogP contribution in [0.2, 0.25) is 5.02 Å². The Hall–Kier alpha value is -2.49. The van der Waals surface area contributed by atoms with Gasteiger partial charge in [-0.05, 0) is 60.4 Å². The predicted octanol–water partition coefficient (Wildman–Crippen LogP) is 2.63. The molecule has 32 heavy (non-hydrogen) atoms. The lowest BCUT2D eigenvalue weighted by atomic mass is 10.0. The second-order valence-electron chi connectivity index (χ2n) is 7.32. The van der Waals surface area contributed by atoms with Crippen LogP contribution in [0.3, 0.4) is 0 Å². The van der Waals surface area contributed by atoms with Gasteiger partial charge in [0.2, 0.25) is 10.0 Å². The third-order valence-electron chi connectivity index (χ3n) is 5.16. The molecule has 0 spiro atoms. The molecule has 0 saturated carbocycles. The van der Waals surface area contributed by atoms with Gasteiger partial charge in [0.05, 0.1) is 20.0 Å². The van der Waals surface area contributed by atoms with Crippen LogP contribution in [0.5, 0.6) is 17.2 Å². The molecule has 3 rings (SSSR count). The van der Waals surface area contributed by atoms with E-state index in [1.54, 1.807) is 38.5 Å². The Morgan fingerprint density at radius 2 is 1.75 bits per heavy atom. The first-order chi connectivity index (χ1) is 15.3. The molecule has 1 amide bonds. The molecule has 0 saturated heterocycles. The van der Waals surface area contributed by atoms with Crippen molar-refractivity contribution in [3.8, 4) is 17.2 Å². The summed E-state index contributed by atoms with van der Waals surface area (Å²) >= 11 is 5.80. The van der Waals surface area contributed by atoms with Crippen LogP contribution in [0.25, 0.3) is 0 Å². The molecule has 1 aliphatic heterocycles. The average Bonchev–Trinajstić information content (AvgIpc) is 2.80. The summed E-state index contributed by atoms with van der Waals surface area (Å²) in [6, 6.07) is 10.4. The van der Waals surface area contributed by atoms with Gasteiger partial charge in [0.25, 0.3) is 5.91 Å². The first kappa shape index (κ1) is 24.2. The number of methoxy groups -OCH3 is 2. The standard InChI is InChI=1S/C22H27ClN2O6S/c1-29-20-12-16-8-10-25(14-17(16)13-21(20)30-2)32(27,28)11-3-9-24-22(26)15-31-19-6-4-18(23)5-7-19/h4-7,12-13H,3,8-11,14-15H2,1-2H3,(H,24,26). The van der Waals surface area contributed by atoms with E-state index in [2.05, 4.69) is 5.32 Å². The van der Waals surface area contributed by atoms with E-state index in [0.717, 1.165) is 11.1 Å². The number of halogens is 1. The van der Waals surface area contributed by atoms with Gasteiger partial charge in [-0.3, -0.25) is 4.79 Å². The van der Waals surface area contributed by atoms with Crippen molar-refractivity contribution in [3.63, 3.8) is 0 Å². The number of amides is 1. The number of carbonyl (C=O) groups excluding carboxylic acids is 1. The predicted molar refractivity (Wildman–Crippen MR) is 122 cm³/mol. The van der Waals surface area contributed by atoms with E-state index in [1.165, 1.54) is 4.31 Å². The normalized spacial score (nSPS) is 13.8. The molecule has 0 fully saturated rings. The number of carbonyl (C=O) groups is 1. The molecule has 8 nitrogen and oxygen atoms in total. The highest BCUT2D eigenvalue weighted by molar-refractivity contribution is 7.89. The Kier molecular flexibility index (Phi) is 8.22. The maximum absolute atomic E-state index is 12.8. The van der Waals surface area contributed by atoms with Crippen LogP contribution in [0, 0.1) is 0 Å². The second kappa shape index (κ2) is 10.9. The summed E-state index contributed by atoms with van der Waals surface area (Å²) in [6.07, 6.45) is 0.915. The molecule has 2 aromatic carbocycles. The Balaban J connectivity index is 1.45. The monoisotopic (exact) mass is 482 g/mol. The smallest absolute Gasteiger partial charge is 0.257 e. The zero-order valence-corrected chi connectivity index (χ0v) is 19.7. The largest absolute Gasteiger partial charge is 0.493 e. The Morgan fingerprint density at radius 1 is 1.09 bits per heavy atom. The van der Waals surface area contributed by atoms with Crippen LogP contribution in [0.15, 0.2) is 36.4 Å². The summed E-state index contributed by atoms with van der Waals surface area (Å²) in [7, 11) is -0.325. The van der Waals surface area contributed by atoms with Crippen LogP contribution < -0.4 is 19.5 Å². The molecular formula is C22H27ClN2O6S. The fourth-order valence-corrected chi connectivity index (χ4v) is 5.04. The third kappa shape index (κ3) is 6.27. The average molecular weight is 483 g/mol. The molecule has 1 aliphatic rings. The number of sulfonamides is 1. The molecule has 0 atom stereocenters. The van der Waals surface area contributed by atoms with Crippen molar-refractivity contribution in [3.05, 3.63) is 52.5 Å². The van der Waals surface area contributed by atoms with Crippen LogP contribution in [-0.4, -0.2) is 58.3 Å². The van der Waals surface area contributed by atoms with Crippen molar-refractivity contribution in [1.29, 1.82) is 0 Å². The van der Waals surface area contributed by atoms with Gasteiger partial charge >= 0.3 is 0 Å². The summed E-state index contributed by atoms with van der Waals surface area (Å²) in [4.78, 5) is 11.9. The first-order valence-corrected chi connectivity index (χ1v) is 12.2. The van der Waals surface area contributed by atoms with Gasteiger partial charge in [-0.2, -0.15) is 4.31 Å². The van der Waals surface area contributed by atoms with E-state index in [-0.39, 0.29) is 24.8 Å². The first-order valence-electron chi connectivity index (χ1n) is 10.2. The van der Waals surface area contributed by atoms with Gasteiger partial charge in [0.15, 0.2) is 18.1 Å². The summed E-state index contributed by atoms with van der Waals surface area (Å²) in [6.45, 7) is 0.797. The Bertz CT molecular complexity index is 1040. The molecule has 0 aliphatic carbocycles. The fraction of sp³-hybridized carbons (Fsp3) is 0.409. The van der Waals surface area contributed by atoms with Gasteiger partial charge in [0, 0.05) is 24.7 Å².